The SMILES string of the molecule is Cc1ccc(CCN(CCF)CCCO)cc1. The monoisotopic (exact) mass is 239 g/mol. The van der Waals surface area contributed by atoms with Crippen LogP contribution in [0, 0.1) is 6.92 Å². The number of aliphatic hydroxyl groups is 1. The molecule has 0 saturated heterocycles. The van der Waals surface area contributed by atoms with E-state index >= 15 is 0 Å². The van der Waals surface area contributed by atoms with Crippen molar-refractivity contribution in [3.63, 3.8) is 0 Å². The maximum absolute atomic E-state index is 12.3. The second-order valence-corrected chi connectivity index (χ2v) is 4.34. The lowest BCUT2D eigenvalue weighted by Crippen LogP contribution is -2.29. The summed E-state index contributed by atoms with van der Waals surface area (Å²) >= 11 is 0. The Hall–Kier alpha value is -0.930. The molecule has 3 heteroatoms. The molecule has 2 nitrogen and oxygen atoms in total. The molecule has 0 heterocycles. The van der Waals surface area contributed by atoms with Crippen molar-refractivity contribution in [2.24, 2.45) is 0 Å². The smallest absolute Gasteiger partial charge is 0.102 e. The third-order valence-corrected chi connectivity index (χ3v) is 2.87. The molecule has 0 unspecified atom stereocenters. The van der Waals surface area contributed by atoms with E-state index in [1.54, 1.807) is 0 Å². The summed E-state index contributed by atoms with van der Waals surface area (Å²) in [5.74, 6) is 0. The zero-order chi connectivity index (χ0) is 12.5. The van der Waals surface area contributed by atoms with E-state index in [1.807, 2.05) is 0 Å². The van der Waals surface area contributed by atoms with Gasteiger partial charge in [0.15, 0.2) is 0 Å². The summed E-state index contributed by atoms with van der Waals surface area (Å²) in [5, 5.41) is 8.78. The van der Waals surface area contributed by atoms with Crippen molar-refractivity contribution in [3.05, 3.63) is 35.4 Å². The molecule has 0 aromatic heterocycles. The summed E-state index contributed by atoms with van der Waals surface area (Å²) in [6, 6.07) is 8.44. The first-order valence-electron chi connectivity index (χ1n) is 6.21. The van der Waals surface area contributed by atoms with E-state index in [9.17, 15) is 4.39 Å². The van der Waals surface area contributed by atoms with Gasteiger partial charge in [-0.15, -0.1) is 0 Å². The number of rotatable bonds is 8. The van der Waals surface area contributed by atoms with E-state index < -0.39 is 0 Å². The molecular weight excluding hydrogens is 217 g/mol. The summed E-state index contributed by atoms with van der Waals surface area (Å²) in [7, 11) is 0. The molecule has 96 valence electrons. The summed E-state index contributed by atoms with van der Waals surface area (Å²) < 4.78 is 12.3. The summed E-state index contributed by atoms with van der Waals surface area (Å²) in [6.07, 6.45) is 1.65. The quantitative estimate of drug-likeness (QED) is 0.751. The minimum absolute atomic E-state index is 0.174. The Kier molecular flexibility index (Phi) is 6.82. The second-order valence-electron chi connectivity index (χ2n) is 4.34. The predicted molar refractivity (Wildman–Crippen MR) is 69.0 cm³/mol. The molecule has 17 heavy (non-hydrogen) atoms. The number of alkyl halides is 1. The highest BCUT2D eigenvalue weighted by Crippen LogP contribution is 2.05. The van der Waals surface area contributed by atoms with Crippen LogP contribution in [0.15, 0.2) is 24.3 Å². The Bertz CT molecular complexity index is 300. The van der Waals surface area contributed by atoms with E-state index in [0.717, 1.165) is 19.5 Å². The molecule has 0 fully saturated rings. The number of halogens is 1. The van der Waals surface area contributed by atoms with Gasteiger partial charge in [-0.1, -0.05) is 29.8 Å². The highest BCUT2D eigenvalue weighted by Gasteiger charge is 2.04. The molecule has 0 spiro atoms. The average molecular weight is 239 g/mol. The topological polar surface area (TPSA) is 23.5 Å². The van der Waals surface area contributed by atoms with Crippen LogP contribution in [0.1, 0.15) is 17.5 Å². The first kappa shape index (κ1) is 14.1. The molecule has 0 amide bonds. The molecule has 1 rings (SSSR count). The van der Waals surface area contributed by atoms with E-state index in [2.05, 4.69) is 36.1 Å². The molecule has 1 aromatic rings. The number of benzene rings is 1. The van der Waals surface area contributed by atoms with Gasteiger partial charge in [0, 0.05) is 26.2 Å². The van der Waals surface area contributed by atoms with Crippen LogP contribution < -0.4 is 0 Å². The Morgan fingerprint density at radius 1 is 1.12 bits per heavy atom. The molecule has 0 saturated carbocycles. The second kappa shape index (κ2) is 8.20. The van der Waals surface area contributed by atoms with Gasteiger partial charge in [0.2, 0.25) is 0 Å². The predicted octanol–water partition coefficient (Wildman–Crippen LogP) is 2.19. The first-order valence-corrected chi connectivity index (χ1v) is 6.21. The van der Waals surface area contributed by atoms with Crippen LogP contribution in [0.5, 0.6) is 0 Å². The number of aliphatic hydroxyl groups excluding tert-OH is 1. The number of nitrogens with zero attached hydrogens (tertiary/aromatic N) is 1. The van der Waals surface area contributed by atoms with Gasteiger partial charge in [0.1, 0.15) is 6.67 Å². The average Bonchev–Trinajstić information content (AvgIpc) is 2.35. The van der Waals surface area contributed by atoms with E-state index in [-0.39, 0.29) is 13.3 Å². The Morgan fingerprint density at radius 2 is 1.82 bits per heavy atom. The lowest BCUT2D eigenvalue weighted by molar-refractivity contribution is 0.213. The van der Waals surface area contributed by atoms with Crippen molar-refractivity contribution >= 4 is 0 Å². The van der Waals surface area contributed by atoms with Crippen molar-refractivity contribution < 1.29 is 9.50 Å². The largest absolute Gasteiger partial charge is 0.396 e. The normalized spacial score (nSPS) is 11.1. The summed E-state index contributed by atoms with van der Waals surface area (Å²) in [5.41, 5.74) is 2.54. The first-order chi connectivity index (χ1) is 8.26. The van der Waals surface area contributed by atoms with Gasteiger partial charge in [-0.25, -0.2) is 4.39 Å². The Balaban J connectivity index is 2.37. The van der Waals surface area contributed by atoms with Gasteiger partial charge in [-0.3, -0.25) is 0 Å². The van der Waals surface area contributed by atoms with Gasteiger partial charge in [-0.2, -0.15) is 0 Å². The zero-order valence-electron chi connectivity index (χ0n) is 10.5. The summed E-state index contributed by atoms with van der Waals surface area (Å²) in [6.45, 7) is 4.01. The minimum atomic E-state index is -0.320. The minimum Gasteiger partial charge on any atom is -0.396 e. The van der Waals surface area contributed by atoms with Crippen LogP contribution in [-0.2, 0) is 6.42 Å². The van der Waals surface area contributed by atoms with Crippen molar-refractivity contribution in [1.82, 2.24) is 4.90 Å². The molecule has 0 bridgehead atoms. The van der Waals surface area contributed by atoms with Crippen molar-refractivity contribution in [3.8, 4) is 0 Å². The van der Waals surface area contributed by atoms with Crippen LogP contribution >= 0.6 is 0 Å². The molecule has 0 aliphatic heterocycles. The third-order valence-electron chi connectivity index (χ3n) is 2.87. The van der Waals surface area contributed by atoms with E-state index in [1.165, 1.54) is 11.1 Å². The lowest BCUT2D eigenvalue weighted by Gasteiger charge is -2.20. The molecule has 0 radical (unpaired) electrons. The standard InChI is InChI=1S/C14H22FNO/c1-13-3-5-14(6-4-13)7-10-16(11-8-15)9-2-12-17/h3-6,17H,2,7-12H2,1H3. The van der Waals surface area contributed by atoms with Crippen LogP contribution in [0.4, 0.5) is 4.39 Å². The van der Waals surface area contributed by atoms with Crippen LogP contribution in [0.2, 0.25) is 0 Å². The van der Waals surface area contributed by atoms with Gasteiger partial charge < -0.3 is 10.0 Å². The van der Waals surface area contributed by atoms with Crippen LogP contribution in [0.3, 0.4) is 0 Å². The number of hydrogen-bond acceptors (Lipinski definition) is 2. The number of aryl methyl sites for hydroxylation is 1. The highest BCUT2D eigenvalue weighted by atomic mass is 19.1. The maximum atomic E-state index is 12.3. The Morgan fingerprint density at radius 3 is 2.41 bits per heavy atom. The van der Waals surface area contributed by atoms with Gasteiger partial charge in [0.25, 0.3) is 0 Å². The van der Waals surface area contributed by atoms with Crippen molar-refractivity contribution in [2.45, 2.75) is 19.8 Å². The number of hydrogen-bond donors (Lipinski definition) is 1. The molecule has 0 aliphatic carbocycles. The maximum Gasteiger partial charge on any atom is 0.102 e. The highest BCUT2D eigenvalue weighted by molar-refractivity contribution is 5.21. The molecule has 0 atom stereocenters. The third kappa shape index (κ3) is 5.80. The van der Waals surface area contributed by atoms with Crippen molar-refractivity contribution in [1.29, 1.82) is 0 Å². The molecule has 1 aromatic carbocycles. The lowest BCUT2D eigenvalue weighted by atomic mass is 10.1. The fourth-order valence-corrected chi connectivity index (χ4v) is 1.79. The van der Waals surface area contributed by atoms with Crippen LogP contribution in [0.25, 0.3) is 0 Å². The molecular formula is C14H22FNO. The molecule has 0 aliphatic rings. The summed E-state index contributed by atoms with van der Waals surface area (Å²) in [4.78, 5) is 2.07. The van der Waals surface area contributed by atoms with Gasteiger partial charge >= 0.3 is 0 Å². The van der Waals surface area contributed by atoms with E-state index in [0.29, 0.717) is 13.0 Å². The van der Waals surface area contributed by atoms with Crippen molar-refractivity contribution in [2.75, 3.05) is 32.9 Å². The molecule has 1 N–H and O–H groups in total. The van der Waals surface area contributed by atoms with E-state index in [4.69, 9.17) is 5.11 Å². The van der Waals surface area contributed by atoms with Gasteiger partial charge in [-0.05, 0) is 25.3 Å². The Labute approximate surface area is 103 Å². The fourth-order valence-electron chi connectivity index (χ4n) is 1.79. The fraction of sp³-hybridized carbons (Fsp3) is 0.571. The van der Waals surface area contributed by atoms with Crippen LogP contribution in [-0.4, -0.2) is 42.9 Å². The zero-order valence-corrected chi connectivity index (χ0v) is 10.5. The van der Waals surface area contributed by atoms with Gasteiger partial charge in [0.05, 0.1) is 0 Å².